The van der Waals surface area contributed by atoms with Crippen LogP contribution in [0.2, 0.25) is 0 Å². The van der Waals surface area contributed by atoms with Crippen molar-refractivity contribution >= 4 is 87.7 Å². The van der Waals surface area contributed by atoms with Gasteiger partial charge in [-0.05, 0) is 116 Å². The van der Waals surface area contributed by atoms with Crippen molar-refractivity contribution in [2.24, 2.45) is 0 Å². The molecule has 0 saturated heterocycles. The molecule has 0 radical (unpaired) electrons. The smallest absolute Gasteiger partial charge is 0.171 e. The first-order valence-corrected chi connectivity index (χ1v) is 21.6. The monoisotopic (exact) mass is 754 g/mol. The Kier molecular flexibility index (Phi) is 7.27. The zero-order chi connectivity index (χ0) is 38.4. The highest BCUT2D eigenvalue weighted by molar-refractivity contribution is 7.85. The van der Waals surface area contributed by atoms with Gasteiger partial charge in [0.1, 0.15) is 0 Å². The van der Waals surface area contributed by atoms with Crippen molar-refractivity contribution < 1.29 is 4.57 Å². The molecule has 0 heterocycles. The minimum absolute atomic E-state index is 0.823. The first-order valence-electron chi connectivity index (χ1n) is 19.9. The quantitative estimate of drug-likeness (QED) is 0.122. The normalized spacial score (nSPS) is 12.2. The molecule has 2 heteroatoms. The molecule has 0 aliphatic carbocycles. The van der Waals surface area contributed by atoms with E-state index in [1.165, 1.54) is 86.9 Å². The van der Waals surface area contributed by atoms with Gasteiger partial charge in [-0.2, -0.15) is 0 Å². The molecule has 1 nitrogen and oxygen atoms in total. The van der Waals surface area contributed by atoms with Crippen molar-refractivity contribution in [1.82, 2.24) is 0 Å². The molecule has 0 N–H and O–H groups in total. The Bertz CT molecular complexity index is 3330. The first kappa shape index (κ1) is 33.1. The van der Waals surface area contributed by atoms with Crippen LogP contribution in [-0.2, 0) is 4.57 Å². The van der Waals surface area contributed by atoms with Gasteiger partial charge in [0.05, 0.1) is 0 Å². The van der Waals surface area contributed by atoms with Crippen LogP contribution >= 0.6 is 7.14 Å². The van der Waals surface area contributed by atoms with E-state index in [2.05, 4.69) is 152 Å². The SMILES string of the molecule is O=P(c1ccccc1)(c1ccccc1)c1ccc(-c2cc(-c3ccc4ccc5cccc6ccc3c4c56)cc(-c3ccc4ccc5cccc6ccc3c4c56)c2)cc1. The topological polar surface area (TPSA) is 17.1 Å². The molecular formula is C56H35OP. The molecule has 0 aromatic heterocycles. The summed E-state index contributed by atoms with van der Waals surface area (Å²) in [5.74, 6) is 0. The Morgan fingerprint density at radius 2 is 0.621 bits per heavy atom. The Morgan fingerprint density at radius 1 is 0.259 bits per heavy atom. The Morgan fingerprint density at radius 3 is 1.07 bits per heavy atom. The van der Waals surface area contributed by atoms with E-state index in [1.807, 2.05) is 60.7 Å². The van der Waals surface area contributed by atoms with Gasteiger partial charge in [0.2, 0.25) is 0 Å². The van der Waals surface area contributed by atoms with Gasteiger partial charge < -0.3 is 4.57 Å². The van der Waals surface area contributed by atoms with Crippen LogP contribution in [0.5, 0.6) is 0 Å². The average Bonchev–Trinajstić information content (AvgIpc) is 3.30. The Balaban J connectivity index is 1.09. The van der Waals surface area contributed by atoms with Gasteiger partial charge in [-0.3, -0.25) is 0 Å². The van der Waals surface area contributed by atoms with Gasteiger partial charge in [-0.1, -0.05) is 194 Å². The lowest BCUT2D eigenvalue weighted by Crippen LogP contribution is -2.24. The van der Waals surface area contributed by atoms with Crippen molar-refractivity contribution in [2.75, 3.05) is 0 Å². The van der Waals surface area contributed by atoms with Crippen LogP contribution in [0.15, 0.2) is 212 Å². The average molecular weight is 755 g/mol. The summed E-state index contributed by atoms with van der Waals surface area (Å²) in [6, 6.07) is 75.9. The van der Waals surface area contributed by atoms with E-state index in [0.717, 1.165) is 27.0 Å². The summed E-state index contributed by atoms with van der Waals surface area (Å²) < 4.78 is 15.3. The lowest BCUT2D eigenvalue weighted by Gasteiger charge is -2.20. The third kappa shape index (κ3) is 4.94. The fourth-order valence-electron chi connectivity index (χ4n) is 9.67. The summed E-state index contributed by atoms with van der Waals surface area (Å²) in [4.78, 5) is 0. The molecule has 0 amide bonds. The molecular weight excluding hydrogens is 720 g/mol. The summed E-state index contributed by atoms with van der Waals surface area (Å²) >= 11 is 0. The molecule has 12 rings (SSSR count). The second-order valence-electron chi connectivity index (χ2n) is 15.6. The second kappa shape index (κ2) is 12.7. The van der Waals surface area contributed by atoms with E-state index in [4.69, 9.17) is 0 Å². The van der Waals surface area contributed by atoms with Crippen molar-refractivity contribution in [3.05, 3.63) is 212 Å². The van der Waals surface area contributed by atoms with Gasteiger partial charge >= 0.3 is 0 Å². The van der Waals surface area contributed by atoms with Crippen LogP contribution < -0.4 is 15.9 Å². The minimum atomic E-state index is -3.12. The van der Waals surface area contributed by atoms with Crippen LogP contribution in [-0.4, -0.2) is 0 Å². The zero-order valence-electron chi connectivity index (χ0n) is 31.6. The molecule has 0 aliphatic heterocycles. The fourth-order valence-corrected chi connectivity index (χ4v) is 12.3. The molecule has 0 spiro atoms. The maximum Gasteiger partial charge on any atom is 0.171 e. The highest BCUT2D eigenvalue weighted by atomic mass is 31.2. The molecule has 0 saturated carbocycles. The van der Waals surface area contributed by atoms with Crippen LogP contribution in [0.1, 0.15) is 0 Å². The molecule has 270 valence electrons. The van der Waals surface area contributed by atoms with Crippen LogP contribution in [0.25, 0.3) is 98.0 Å². The number of rotatable bonds is 6. The molecule has 12 aromatic rings. The standard InChI is InChI=1S/C56H35OP/c57-58(46-13-3-1-4-14-46,47-15-5-2-6-16-47)48-27-21-36(22-28-48)43-33-44(49-29-23-41-19-17-37-9-7-11-39-25-31-51(49)55(41)53(37)39)35-45(34-43)50-30-24-42-20-18-38-10-8-12-40-26-32-52(50)56(42)54(38)40/h1-35H. The third-order valence-electron chi connectivity index (χ3n) is 12.4. The van der Waals surface area contributed by atoms with Gasteiger partial charge in [0, 0.05) is 15.9 Å². The zero-order valence-corrected chi connectivity index (χ0v) is 32.5. The van der Waals surface area contributed by atoms with Crippen molar-refractivity contribution in [2.45, 2.75) is 0 Å². The predicted octanol–water partition coefficient (Wildman–Crippen LogP) is 14.1. The van der Waals surface area contributed by atoms with Crippen LogP contribution in [0.3, 0.4) is 0 Å². The minimum Gasteiger partial charge on any atom is -0.309 e. The van der Waals surface area contributed by atoms with Gasteiger partial charge in [-0.15, -0.1) is 0 Å². The molecule has 58 heavy (non-hydrogen) atoms. The first-order chi connectivity index (χ1) is 28.6. The molecule has 0 atom stereocenters. The van der Waals surface area contributed by atoms with Crippen molar-refractivity contribution in [3.63, 3.8) is 0 Å². The number of hydrogen-bond acceptors (Lipinski definition) is 1. The largest absolute Gasteiger partial charge is 0.309 e. The van der Waals surface area contributed by atoms with E-state index in [1.54, 1.807) is 0 Å². The van der Waals surface area contributed by atoms with Crippen LogP contribution in [0.4, 0.5) is 0 Å². The maximum absolute atomic E-state index is 15.3. The van der Waals surface area contributed by atoms with E-state index in [-0.39, 0.29) is 0 Å². The Labute approximate surface area is 336 Å². The van der Waals surface area contributed by atoms with Crippen molar-refractivity contribution in [3.8, 4) is 33.4 Å². The highest BCUT2D eigenvalue weighted by Crippen LogP contribution is 2.46. The molecule has 12 aromatic carbocycles. The van der Waals surface area contributed by atoms with Gasteiger partial charge in [0.25, 0.3) is 0 Å². The van der Waals surface area contributed by atoms with Crippen LogP contribution in [0, 0.1) is 0 Å². The van der Waals surface area contributed by atoms with Gasteiger partial charge in [0.15, 0.2) is 7.14 Å². The third-order valence-corrected chi connectivity index (χ3v) is 15.5. The lowest BCUT2D eigenvalue weighted by molar-refractivity contribution is 0.592. The second-order valence-corrected chi connectivity index (χ2v) is 18.3. The van der Waals surface area contributed by atoms with Crippen molar-refractivity contribution in [1.29, 1.82) is 0 Å². The molecule has 0 fully saturated rings. The van der Waals surface area contributed by atoms with E-state index in [0.29, 0.717) is 0 Å². The van der Waals surface area contributed by atoms with E-state index >= 15 is 4.57 Å². The maximum atomic E-state index is 15.3. The molecule has 0 unspecified atom stereocenters. The summed E-state index contributed by atoms with van der Waals surface area (Å²) in [5.41, 5.74) is 6.94. The summed E-state index contributed by atoms with van der Waals surface area (Å²) in [6.45, 7) is 0. The lowest BCUT2D eigenvalue weighted by atomic mass is 9.86. The van der Waals surface area contributed by atoms with E-state index < -0.39 is 7.14 Å². The molecule has 0 bridgehead atoms. The Hall–Kier alpha value is -7.05. The summed E-state index contributed by atoms with van der Waals surface area (Å²) in [5, 5.41) is 17.8. The highest BCUT2D eigenvalue weighted by Gasteiger charge is 2.29. The molecule has 0 aliphatic rings. The fraction of sp³-hybridized carbons (Fsp3) is 0. The predicted molar refractivity (Wildman–Crippen MR) is 250 cm³/mol. The summed E-state index contributed by atoms with van der Waals surface area (Å²) in [7, 11) is -3.12. The number of benzene rings is 12. The van der Waals surface area contributed by atoms with Gasteiger partial charge in [-0.25, -0.2) is 0 Å². The summed E-state index contributed by atoms with van der Waals surface area (Å²) in [6.07, 6.45) is 0. The van der Waals surface area contributed by atoms with E-state index in [9.17, 15) is 0 Å². The number of hydrogen-bond donors (Lipinski definition) is 0.